The molecule has 1 aromatic rings. The first-order chi connectivity index (χ1) is 9.12. The monoisotopic (exact) mass is 262 g/mol. The number of hydrogen-bond donors (Lipinski definition) is 2. The maximum Gasteiger partial charge on any atom is 0.329 e. The normalized spacial score (nSPS) is 17.7. The molecule has 2 rings (SSSR count). The summed E-state index contributed by atoms with van der Waals surface area (Å²) in [6.07, 6.45) is 7.21. The number of pyridine rings is 1. The molecular weight excluding hydrogens is 244 g/mol. The van der Waals surface area contributed by atoms with Crippen molar-refractivity contribution in [2.24, 2.45) is 0 Å². The number of hydrogen-bond acceptors (Lipinski definition) is 3. The van der Waals surface area contributed by atoms with E-state index in [0.29, 0.717) is 12.8 Å². The molecule has 1 aromatic heterocycles. The van der Waals surface area contributed by atoms with Gasteiger partial charge in [0.15, 0.2) is 0 Å². The van der Waals surface area contributed by atoms with Crippen molar-refractivity contribution in [3.8, 4) is 0 Å². The summed E-state index contributed by atoms with van der Waals surface area (Å²) in [6, 6.07) is 3.52. The molecule has 0 atom stereocenters. The van der Waals surface area contributed by atoms with Crippen LogP contribution in [0.4, 0.5) is 0 Å². The number of carboxylic acids is 1. The lowest BCUT2D eigenvalue weighted by Crippen LogP contribution is -2.55. The van der Waals surface area contributed by atoms with Gasteiger partial charge in [0.1, 0.15) is 5.54 Å². The van der Waals surface area contributed by atoms with E-state index in [1.807, 2.05) is 0 Å². The topological polar surface area (TPSA) is 79.3 Å². The maximum absolute atomic E-state index is 12.0. The fourth-order valence-electron chi connectivity index (χ4n) is 2.54. The Morgan fingerprint density at radius 3 is 2.42 bits per heavy atom. The third-order valence-corrected chi connectivity index (χ3v) is 3.61. The van der Waals surface area contributed by atoms with E-state index in [-0.39, 0.29) is 12.3 Å². The van der Waals surface area contributed by atoms with Gasteiger partial charge >= 0.3 is 5.97 Å². The second-order valence-corrected chi connectivity index (χ2v) is 5.03. The van der Waals surface area contributed by atoms with Crippen molar-refractivity contribution in [3.05, 3.63) is 30.1 Å². The van der Waals surface area contributed by atoms with Crippen molar-refractivity contribution in [1.82, 2.24) is 10.3 Å². The number of carbonyl (C=O) groups excluding carboxylic acids is 1. The zero-order chi connectivity index (χ0) is 13.7. The summed E-state index contributed by atoms with van der Waals surface area (Å²) in [5.41, 5.74) is -0.230. The Morgan fingerprint density at radius 2 is 1.84 bits per heavy atom. The van der Waals surface area contributed by atoms with Crippen molar-refractivity contribution in [1.29, 1.82) is 0 Å². The number of nitrogens with one attached hydrogen (secondary N) is 1. The van der Waals surface area contributed by atoms with Crippen molar-refractivity contribution < 1.29 is 14.7 Å². The SMILES string of the molecule is O=C(Cc1ccncc1)NC1(C(=O)O)CCCCC1. The number of aliphatic carboxylic acids is 1. The number of amides is 1. The summed E-state index contributed by atoms with van der Waals surface area (Å²) in [5.74, 6) is -1.16. The van der Waals surface area contributed by atoms with Crippen molar-refractivity contribution in [3.63, 3.8) is 0 Å². The fraction of sp³-hybridized carbons (Fsp3) is 0.500. The lowest BCUT2D eigenvalue weighted by Gasteiger charge is -2.34. The van der Waals surface area contributed by atoms with Gasteiger partial charge in [-0.05, 0) is 30.5 Å². The molecule has 102 valence electrons. The van der Waals surface area contributed by atoms with Gasteiger partial charge in [0.2, 0.25) is 5.91 Å². The fourth-order valence-corrected chi connectivity index (χ4v) is 2.54. The molecule has 1 heterocycles. The van der Waals surface area contributed by atoms with Crippen LogP contribution >= 0.6 is 0 Å². The molecule has 1 saturated carbocycles. The molecule has 0 bridgehead atoms. The molecule has 5 nitrogen and oxygen atoms in total. The van der Waals surface area contributed by atoms with E-state index in [0.717, 1.165) is 24.8 Å². The van der Waals surface area contributed by atoms with Crippen LogP contribution in [0.15, 0.2) is 24.5 Å². The lowest BCUT2D eigenvalue weighted by atomic mass is 9.81. The van der Waals surface area contributed by atoms with E-state index >= 15 is 0 Å². The highest BCUT2D eigenvalue weighted by Gasteiger charge is 2.40. The Morgan fingerprint density at radius 1 is 1.21 bits per heavy atom. The van der Waals surface area contributed by atoms with Gasteiger partial charge in [-0.25, -0.2) is 4.79 Å². The molecule has 1 amide bonds. The molecule has 5 heteroatoms. The Balaban J connectivity index is 2.01. The van der Waals surface area contributed by atoms with Gasteiger partial charge < -0.3 is 10.4 Å². The second-order valence-electron chi connectivity index (χ2n) is 5.03. The quantitative estimate of drug-likeness (QED) is 0.862. The van der Waals surface area contributed by atoms with Crippen molar-refractivity contribution in [2.75, 3.05) is 0 Å². The van der Waals surface area contributed by atoms with Crippen LogP contribution in [0.3, 0.4) is 0 Å². The lowest BCUT2D eigenvalue weighted by molar-refractivity contribution is -0.149. The van der Waals surface area contributed by atoms with Gasteiger partial charge in [-0.3, -0.25) is 9.78 Å². The third kappa shape index (κ3) is 3.30. The largest absolute Gasteiger partial charge is 0.480 e. The van der Waals surface area contributed by atoms with Crippen LogP contribution in [0, 0.1) is 0 Å². The van der Waals surface area contributed by atoms with E-state index in [9.17, 15) is 14.7 Å². The van der Waals surface area contributed by atoms with Crippen LogP contribution < -0.4 is 5.32 Å². The first-order valence-corrected chi connectivity index (χ1v) is 6.56. The number of aromatic nitrogens is 1. The highest BCUT2D eigenvalue weighted by Crippen LogP contribution is 2.28. The van der Waals surface area contributed by atoms with Gasteiger partial charge in [0, 0.05) is 12.4 Å². The van der Waals surface area contributed by atoms with E-state index in [4.69, 9.17) is 0 Å². The van der Waals surface area contributed by atoms with Gasteiger partial charge in [0.05, 0.1) is 6.42 Å². The smallest absolute Gasteiger partial charge is 0.329 e. The van der Waals surface area contributed by atoms with Crippen LogP contribution in [0.1, 0.15) is 37.7 Å². The molecule has 0 unspecified atom stereocenters. The molecule has 1 aliphatic carbocycles. The molecule has 0 spiro atoms. The van der Waals surface area contributed by atoms with E-state index in [1.165, 1.54) is 0 Å². The molecule has 0 aromatic carbocycles. The van der Waals surface area contributed by atoms with Crippen molar-refractivity contribution in [2.45, 2.75) is 44.1 Å². The number of carboxylic acid groups (broad SMARTS) is 1. The minimum absolute atomic E-state index is 0.192. The van der Waals surface area contributed by atoms with Gasteiger partial charge in [-0.15, -0.1) is 0 Å². The third-order valence-electron chi connectivity index (χ3n) is 3.61. The molecule has 0 aliphatic heterocycles. The first-order valence-electron chi connectivity index (χ1n) is 6.56. The van der Waals surface area contributed by atoms with Gasteiger partial charge in [-0.1, -0.05) is 19.3 Å². The van der Waals surface area contributed by atoms with Gasteiger partial charge in [0.25, 0.3) is 0 Å². The number of carbonyl (C=O) groups is 2. The summed E-state index contributed by atoms with van der Waals surface area (Å²) >= 11 is 0. The predicted molar refractivity (Wildman–Crippen MR) is 69.5 cm³/mol. The maximum atomic E-state index is 12.0. The minimum atomic E-state index is -1.07. The van der Waals surface area contributed by atoms with E-state index in [1.54, 1.807) is 24.5 Å². The van der Waals surface area contributed by atoms with Gasteiger partial charge in [-0.2, -0.15) is 0 Å². The zero-order valence-electron chi connectivity index (χ0n) is 10.8. The highest BCUT2D eigenvalue weighted by molar-refractivity contribution is 5.88. The molecule has 1 aliphatic rings. The standard InChI is InChI=1S/C14H18N2O3/c17-12(10-11-4-8-15-9-5-11)16-14(13(18)19)6-2-1-3-7-14/h4-5,8-9H,1-3,6-7,10H2,(H,16,17)(H,18,19). The Bertz CT molecular complexity index is 453. The summed E-state index contributed by atoms with van der Waals surface area (Å²) in [5, 5.41) is 12.1. The molecule has 0 saturated heterocycles. The average Bonchev–Trinajstić information content (AvgIpc) is 2.40. The molecule has 2 N–H and O–H groups in total. The highest BCUT2D eigenvalue weighted by atomic mass is 16.4. The van der Waals surface area contributed by atoms with Crippen LogP contribution in [0.25, 0.3) is 0 Å². The first kappa shape index (κ1) is 13.5. The number of rotatable bonds is 4. The molecule has 1 fully saturated rings. The Labute approximate surface area is 112 Å². The number of nitrogens with zero attached hydrogens (tertiary/aromatic N) is 1. The molecule has 0 radical (unpaired) electrons. The van der Waals surface area contributed by atoms with Crippen LogP contribution in [-0.2, 0) is 16.0 Å². The van der Waals surface area contributed by atoms with Crippen molar-refractivity contribution >= 4 is 11.9 Å². The minimum Gasteiger partial charge on any atom is -0.480 e. The average molecular weight is 262 g/mol. The van der Waals surface area contributed by atoms with Crippen LogP contribution in [0.5, 0.6) is 0 Å². The predicted octanol–water partition coefficient (Wildman–Crippen LogP) is 1.53. The molecule has 19 heavy (non-hydrogen) atoms. The van der Waals surface area contributed by atoms with Crippen LogP contribution in [0.2, 0.25) is 0 Å². The Kier molecular flexibility index (Phi) is 4.14. The molecular formula is C14H18N2O3. The Hall–Kier alpha value is -1.91. The second kappa shape index (κ2) is 5.82. The van der Waals surface area contributed by atoms with Crippen LogP contribution in [-0.4, -0.2) is 27.5 Å². The van der Waals surface area contributed by atoms with E-state index < -0.39 is 11.5 Å². The summed E-state index contributed by atoms with van der Waals surface area (Å²) in [6.45, 7) is 0. The van der Waals surface area contributed by atoms with E-state index in [2.05, 4.69) is 10.3 Å². The summed E-state index contributed by atoms with van der Waals surface area (Å²) in [7, 11) is 0. The summed E-state index contributed by atoms with van der Waals surface area (Å²) < 4.78 is 0. The summed E-state index contributed by atoms with van der Waals surface area (Å²) in [4.78, 5) is 27.3. The zero-order valence-corrected chi connectivity index (χ0v) is 10.8.